The first-order chi connectivity index (χ1) is 5.43. The van der Waals surface area contributed by atoms with Crippen molar-refractivity contribution in [3.8, 4) is 0 Å². The number of hydrogen-bond acceptors (Lipinski definition) is 3. The van der Waals surface area contributed by atoms with E-state index in [2.05, 4.69) is 0 Å². The number of nitrogens with two attached hydrogens (primary N) is 1. The van der Waals surface area contributed by atoms with Crippen LogP contribution in [0.15, 0.2) is 15.7 Å². The third-order valence-corrected chi connectivity index (χ3v) is 3.64. The molecule has 0 bridgehead atoms. The van der Waals surface area contributed by atoms with Crippen LogP contribution in [0.4, 0.5) is 0 Å². The molecule has 5 heteroatoms. The fourth-order valence-corrected chi connectivity index (χ4v) is 2.83. The molecule has 0 aliphatic rings. The summed E-state index contributed by atoms with van der Waals surface area (Å²) in [4.78, 5) is 0. The number of hydrogen-bond donors (Lipinski definition) is 3. The quantitative estimate of drug-likeness (QED) is 0.684. The van der Waals surface area contributed by atoms with Crippen molar-refractivity contribution in [3.63, 3.8) is 0 Å². The van der Waals surface area contributed by atoms with Crippen molar-refractivity contribution in [1.82, 2.24) is 0 Å². The van der Waals surface area contributed by atoms with Gasteiger partial charge in [-0.2, -0.15) is 0 Å². The van der Waals surface area contributed by atoms with Crippen molar-refractivity contribution in [2.75, 3.05) is 0 Å². The van der Waals surface area contributed by atoms with Gasteiger partial charge >= 0.3 is 0 Å². The predicted molar refractivity (Wildman–Crippen MR) is 52.1 cm³/mol. The fraction of sp³-hybridized carbons (Fsp3) is 0.429. The zero-order valence-corrected chi connectivity index (χ0v) is 8.63. The lowest BCUT2D eigenvalue weighted by Gasteiger charge is -2.17. The standard InChI is InChI=1S/C7H12N2OS2/c1-7(2,10)5-3-4-11-6(5)12(8)9/h3-4,10H,1-2H3,(H3,8,9). The molecule has 0 aromatic carbocycles. The van der Waals surface area contributed by atoms with Crippen LogP contribution in [-0.2, 0) is 16.5 Å². The molecule has 1 heterocycles. The monoisotopic (exact) mass is 204 g/mol. The summed E-state index contributed by atoms with van der Waals surface area (Å²) in [5, 5.41) is 17.0. The minimum Gasteiger partial charge on any atom is -0.386 e. The van der Waals surface area contributed by atoms with Gasteiger partial charge in [0.05, 0.1) is 9.81 Å². The second-order valence-corrected chi connectivity index (χ2v) is 5.28. The number of rotatable bonds is 2. The average molecular weight is 204 g/mol. The minimum absolute atomic E-state index is 0.766. The van der Waals surface area contributed by atoms with E-state index in [4.69, 9.17) is 9.92 Å². The summed E-state index contributed by atoms with van der Waals surface area (Å²) in [5.41, 5.74) is -0.116. The fourth-order valence-electron chi connectivity index (χ4n) is 0.919. The molecular formula is C7H12N2OS2. The average Bonchev–Trinajstić information content (AvgIpc) is 2.30. The van der Waals surface area contributed by atoms with Gasteiger partial charge in [-0.25, -0.2) is 0 Å². The Balaban J connectivity index is 3.17. The van der Waals surface area contributed by atoms with Crippen molar-refractivity contribution in [2.45, 2.75) is 23.7 Å². The molecular weight excluding hydrogens is 192 g/mol. The Kier molecular flexibility index (Phi) is 2.67. The molecule has 1 aromatic heterocycles. The summed E-state index contributed by atoms with van der Waals surface area (Å²) >= 11 is 1.42. The first-order valence-electron chi connectivity index (χ1n) is 3.43. The van der Waals surface area contributed by atoms with Gasteiger partial charge in [-0.1, -0.05) is 0 Å². The van der Waals surface area contributed by atoms with Crippen molar-refractivity contribution >= 4 is 22.2 Å². The summed E-state index contributed by atoms with van der Waals surface area (Å²) in [6.07, 6.45) is 0. The Bertz CT molecular complexity index is 301. The van der Waals surface area contributed by atoms with E-state index in [9.17, 15) is 5.11 Å². The van der Waals surface area contributed by atoms with Crippen LogP contribution >= 0.6 is 11.3 Å². The molecule has 1 atom stereocenters. The number of thiophene rings is 1. The van der Waals surface area contributed by atoms with E-state index >= 15 is 0 Å². The Morgan fingerprint density at radius 2 is 2.25 bits per heavy atom. The second kappa shape index (κ2) is 3.26. The first kappa shape index (κ1) is 9.85. The number of nitrogens with one attached hydrogen (secondary N) is 1. The molecule has 68 valence electrons. The van der Waals surface area contributed by atoms with Crippen LogP contribution in [0.25, 0.3) is 0 Å². The molecule has 0 aliphatic heterocycles. The van der Waals surface area contributed by atoms with E-state index in [-0.39, 0.29) is 0 Å². The summed E-state index contributed by atoms with van der Waals surface area (Å²) < 4.78 is 8.13. The Labute approximate surface area is 78.3 Å². The van der Waals surface area contributed by atoms with Gasteiger partial charge in [-0.05, 0) is 25.3 Å². The van der Waals surface area contributed by atoms with E-state index in [1.54, 1.807) is 13.8 Å². The molecule has 0 radical (unpaired) electrons. The molecule has 0 amide bonds. The molecule has 1 unspecified atom stereocenters. The summed E-state index contributed by atoms with van der Waals surface area (Å²) in [6.45, 7) is 3.40. The van der Waals surface area contributed by atoms with Crippen molar-refractivity contribution in [3.05, 3.63) is 17.0 Å². The summed E-state index contributed by atoms with van der Waals surface area (Å²) in [7, 11) is -0.997. The Morgan fingerprint density at radius 3 is 2.58 bits per heavy atom. The molecule has 0 saturated carbocycles. The normalized spacial score (nSPS) is 14.7. The van der Waals surface area contributed by atoms with E-state index in [0.29, 0.717) is 0 Å². The number of aliphatic hydroxyl groups is 1. The van der Waals surface area contributed by atoms with E-state index < -0.39 is 16.5 Å². The van der Waals surface area contributed by atoms with Gasteiger partial charge in [-0.15, -0.1) is 11.3 Å². The van der Waals surface area contributed by atoms with Crippen LogP contribution in [-0.4, -0.2) is 5.11 Å². The molecule has 0 aliphatic carbocycles. The molecule has 4 N–H and O–H groups in total. The lowest BCUT2D eigenvalue weighted by molar-refractivity contribution is 0.0765. The van der Waals surface area contributed by atoms with E-state index in [1.165, 1.54) is 11.3 Å². The van der Waals surface area contributed by atoms with Crippen molar-refractivity contribution in [1.29, 1.82) is 4.78 Å². The molecule has 12 heavy (non-hydrogen) atoms. The minimum atomic E-state index is -0.997. The van der Waals surface area contributed by atoms with Gasteiger partial charge < -0.3 is 5.11 Å². The Hall–Kier alpha value is -0.230. The van der Waals surface area contributed by atoms with E-state index in [0.717, 1.165) is 9.77 Å². The molecule has 0 spiro atoms. The molecule has 1 aromatic rings. The second-order valence-electron chi connectivity index (χ2n) is 3.02. The summed E-state index contributed by atoms with van der Waals surface area (Å²) in [6, 6.07) is 1.82. The highest BCUT2D eigenvalue weighted by atomic mass is 32.2. The lowest BCUT2D eigenvalue weighted by atomic mass is 10.0. The van der Waals surface area contributed by atoms with Gasteiger partial charge in [0.2, 0.25) is 0 Å². The topological polar surface area (TPSA) is 70.1 Å². The smallest absolute Gasteiger partial charge is 0.0910 e. The van der Waals surface area contributed by atoms with Crippen LogP contribution in [0.2, 0.25) is 0 Å². The maximum absolute atomic E-state index is 9.68. The SMILES string of the molecule is CC(C)(O)c1ccsc1S(=N)N. The van der Waals surface area contributed by atoms with Crippen LogP contribution in [0, 0.1) is 4.78 Å². The summed E-state index contributed by atoms with van der Waals surface area (Å²) in [5.74, 6) is 0. The van der Waals surface area contributed by atoms with Crippen molar-refractivity contribution in [2.24, 2.45) is 5.14 Å². The first-order valence-corrected chi connectivity index (χ1v) is 5.60. The molecule has 0 saturated heterocycles. The van der Waals surface area contributed by atoms with Crippen LogP contribution in [0.3, 0.4) is 0 Å². The van der Waals surface area contributed by atoms with Crippen LogP contribution < -0.4 is 5.14 Å². The maximum atomic E-state index is 9.68. The van der Waals surface area contributed by atoms with Gasteiger partial charge in [-0.3, -0.25) is 9.92 Å². The highest BCUT2D eigenvalue weighted by Crippen LogP contribution is 2.29. The molecule has 0 fully saturated rings. The van der Waals surface area contributed by atoms with Gasteiger partial charge in [0.1, 0.15) is 0 Å². The lowest BCUT2D eigenvalue weighted by Crippen LogP contribution is -2.17. The van der Waals surface area contributed by atoms with Crippen LogP contribution in [0.1, 0.15) is 19.4 Å². The van der Waals surface area contributed by atoms with Gasteiger partial charge in [0, 0.05) is 16.4 Å². The maximum Gasteiger partial charge on any atom is 0.0910 e. The van der Waals surface area contributed by atoms with Gasteiger partial charge in [0.15, 0.2) is 0 Å². The largest absolute Gasteiger partial charge is 0.386 e. The third-order valence-electron chi connectivity index (χ3n) is 1.49. The van der Waals surface area contributed by atoms with Gasteiger partial charge in [0.25, 0.3) is 0 Å². The molecule has 3 nitrogen and oxygen atoms in total. The zero-order valence-electron chi connectivity index (χ0n) is 7.00. The third kappa shape index (κ3) is 1.92. The highest BCUT2D eigenvalue weighted by Gasteiger charge is 2.21. The highest BCUT2D eigenvalue weighted by molar-refractivity contribution is 7.86. The predicted octanol–water partition coefficient (Wildman–Crippen LogP) is 1.59. The van der Waals surface area contributed by atoms with E-state index in [1.807, 2.05) is 11.4 Å². The zero-order chi connectivity index (χ0) is 9.35. The Morgan fingerprint density at radius 1 is 1.67 bits per heavy atom. The van der Waals surface area contributed by atoms with Crippen LogP contribution in [0.5, 0.6) is 0 Å². The molecule has 1 rings (SSSR count). The van der Waals surface area contributed by atoms with Crippen molar-refractivity contribution < 1.29 is 5.11 Å².